The van der Waals surface area contributed by atoms with Crippen molar-refractivity contribution < 1.29 is 19.0 Å². The second-order valence-corrected chi connectivity index (χ2v) is 10.0. The number of unbranched alkanes of at least 4 members (excludes halogenated alkanes) is 1. The zero-order valence-corrected chi connectivity index (χ0v) is 22.1. The quantitative estimate of drug-likeness (QED) is 0.312. The van der Waals surface area contributed by atoms with Crippen molar-refractivity contribution in [1.82, 2.24) is 19.9 Å². The lowest BCUT2D eigenvalue weighted by molar-refractivity contribution is -0.125. The van der Waals surface area contributed by atoms with Crippen LogP contribution in [0, 0.1) is 5.92 Å². The molecular formula is C30H33N5O4. The first-order valence-corrected chi connectivity index (χ1v) is 13.7. The van der Waals surface area contributed by atoms with Crippen LogP contribution >= 0.6 is 0 Å². The van der Waals surface area contributed by atoms with Crippen LogP contribution in [0.2, 0.25) is 0 Å². The zero-order chi connectivity index (χ0) is 26.6. The number of piperidine rings is 1. The molecular weight excluding hydrogens is 494 g/mol. The Hall–Kier alpha value is -4.27. The number of nitrogens with zero attached hydrogens (tertiary/aromatic N) is 4. The lowest BCUT2D eigenvalue weighted by Gasteiger charge is -2.32. The van der Waals surface area contributed by atoms with Crippen molar-refractivity contribution in [1.29, 1.82) is 0 Å². The molecule has 1 N–H and O–H groups in total. The molecule has 0 aliphatic carbocycles. The molecule has 202 valence electrons. The topological polar surface area (TPSA) is 90.2 Å². The average molecular weight is 528 g/mol. The number of anilines is 1. The van der Waals surface area contributed by atoms with Crippen LogP contribution in [-0.2, 0) is 11.3 Å². The maximum absolute atomic E-state index is 12.9. The van der Waals surface area contributed by atoms with Crippen molar-refractivity contribution in [3.8, 4) is 28.5 Å². The van der Waals surface area contributed by atoms with Crippen LogP contribution in [0.15, 0.2) is 60.9 Å². The van der Waals surface area contributed by atoms with Gasteiger partial charge in [-0.05, 0) is 67.3 Å². The minimum atomic E-state index is -0.0199. The van der Waals surface area contributed by atoms with E-state index in [1.807, 2.05) is 53.2 Å². The second kappa shape index (κ2) is 11.2. The number of rotatable bonds is 9. The standard InChI is InChI=1S/C30H33N5O4/c1-2-3-16-37-24-7-5-22(6-8-24)25-18-26-29(31-12-15-35(26)33-25)34-13-10-23(11-14-34)30(36)32-19-21-4-9-27-28(17-21)39-20-38-27/h4-9,12,15,17-18,23H,2-3,10-11,13-14,16,19-20H2,1H3,(H,32,36). The molecule has 9 nitrogen and oxygen atoms in total. The number of aromatic nitrogens is 3. The summed E-state index contributed by atoms with van der Waals surface area (Å²) >= 11 is 0. The number of carbonyl (C=O) groups excluding carboxylic acids is 1. The molecule has 4 aromatic rings. The van der Waals surface area contributed by atoms with E-state index < -0.39 is 0 Å². The summed E-state index contributed by atoms with van der Waals surface area (Å²) in [6, 6.07) is 15.9. The monoisotopic (exact) mass is 527 g/mol. The minimum Gasteiger partial charge on any atom is -0.494 e. The van der Waals surface area contributed by atoms with Gasteiger partial charge in [0.25, 0.3) is 0 Å². The fourth-order valence-electron chi connectivity index (χ4n) is 5.09. The minimum absolute atomic E-state index is 0.0199. The van der Waals surface area contributed by atoms with Gasteiger partial charge in [-0.1, -0.05) is 19.4 Å². The summed E-state index contributed by atoms with van der Waals surface area (Å²) in [4.78, 5) is 19.8. The van der Waals surface area contributed by atoms with Gasteiger partial charge in [-0.25, -0.2) is 9.50 Å². The Morgan fingerprint density at radius 1 is 1.08 bits per heavy atom. The maximum atomic E-state index is 12.9. The van der Waals surface area contributed by atoms with Gasteiger partial charge in [-0.3, -0.25) is 4.79 Å². The summed E-state index contributed by atoms with van der Waals surface area (Å²) < 4.78 is 18.5. The predicted molar refractivity (Wildman–Crippen MR) is 148 cm³/mol. The van der Waals surface area contributed by atoms with Crippen LogP contribution in [-0.4, -0.2) is 47.0 Å². The van der Waals surface area contributed by atoms with Crippen molar-refractivity contribution in [2.75, 3.05) is 31.4 Å². The first-order chi connectivity index (χ1) is 19.2. The molecule has 2 aliphatic heterocycles. The molecule has 2 aliphatic rings. The third-order valence-corrected chi connectivity index (χ3v) is 7.36. The van der Waals surface area contributed by atoms with Crippen LogP contribution < -0.4 is 24.4 Å². The highest BCUT2D eigenvalue weighted by Gasteiger charge is 2.27. The average Bonchev–Trinajstić information content (AvgIpc) is 3.63. The van der Waals surface area contributed by atoms with Crippen LogP contribution in [0.3, 0.4) is 0 Å². The second-order valence-electron chi connectivity index (χ2n) is 10.0. The fourth-order valence-corrected chi connectivity index (χ4v) is 5.09. The van der Waals surface area contributed by atoms with Gasteiger partial charge in [0.05, 0.1) is 12.3 Å². The summed E-state index contributed by atoms with van der Waals surface area (Å²) in [5.41, 5.74) is 3.88. The fraction of sp³-hybridized carbons (Fsp3) is 0.367. The molecule has 0 atom stereocenters. The van der Waals surface area contributed by atoms with Gasteiger partial charge in [0.15, 0.2) is 17.3 Å². The van der Waals surface area contributed by atoms with E-state index in [0.29, 0.717) is 6.54 Å². The molecule has 2 aromatic heterocycles. The van der Waals surface area contributed by atoms with Gasteiger partial charge in [0.1, 0.15) is 11.3 Å². The van der Waals surface area contributed by atoms with Gasteiger partial charge >= 0.3 is 0 Å². The molecule has 1 saturated heterocycles. The van der Waals surface area contributed by atoms with E-state index in [9.17, 15) is 4.79 Å². The Balaban J connectivity index is 1.07. The third-order valence-electron chi connectivity index (χ3n) is 7.36. The summed E-state index contributed by atoms with van der Waals surface area (Å²) in [6.45, 7) is 5.13. The summed E-state index contributed by atoms with van der Waals surface area (Å²) in [7, 11) is 0. The number of hydrogen-bond acceptors (Lipinski definition) is 7. The van der Waals surface area contributed by atoms with E-state index in [4.69, 9.17) is 24.3 Å². The number of fused-ring (bicyclic) bond motifs is 2. The molecule has 39 heavy (non-hydrogen) atoms. The Labute approximate surface area is 227 Å². The van der Waals surface area contributed by atoms with Gasteiger partial charge in [-0.2, -0.15) is 5.10 Å². The Morgan fingerprint density at radius 2 is 1.90 bits per heavy atom. The SMILES string of the molecule is CCCCOc1ccc(-c2cc3c(N4CCC(C(=O)NCc5ccc6c(c5)OCO6)CC4)nccn3n2)cc1. The molecule has 9 heteroatoms. The van der Waals surface area contributed by atoms with Gasteiger partial charge in [-0.15, -0.1) is 0 Å². The number of amides is 1. The molecule has 0 spiro atoms. The smallest absolute Gasteiger partial charge is 0.231 e. The van der Waals surface area contributed by atoms with Crippen LogP contribution in [0.5, 0.6) is 17.2 Å². The van der Waals surface area contributed by atoms with E-state index in [1.165, 1.54) is 0 Å². The summed E-state index contributed by atoms with van der Waals surface area (Å²) in [5, 5.41) is 7.88. The molecule has 0 unspecified atom stereocenters. The zero-order valence-electron chi connectivity index (χ0n) is 22.1. The van der Waals surface area contributed by atoms with Gasteiger partial charge in [0.2, 0.25) is 12.7 Å². The van der Waals surface area contributed by atoms with Gasteiger partial charge < -0.3 is 24.4 Å². The van der Waals surface area contributed by atoms with E-state index in [2.05, 4.69) is 23.2 Å². The van der Waals surface area contributed by atoms with E-state index >= 15 is 0 Å². The van der Waals surface area contributed by atoms with E-state index in [-0.39, 0.29) is 18.6 Å². The molecule has 6 rings (SSSR count). The lowest BCUT2D eigenvalue weighted by atomic mass is 9.95. The first kappa shape index (κ1) is 25.0. The van der Waals surface area contributed by atoms with Crippen LogP contribution in [0.25, 0.3) is 16.8 Å². The number of ether oxygens (including phenoxy) is 3. The molecule has 2 aromatic carbocycles. The van der Waals surface area contributed by atoms with Crippen LogP contribution in [0.4, 0.5) is 5.82 Å². The van der Waals surface area contributed by atoms with Crippen LogP contribution in [0.1, 0.15) is 38.2 Å². The highest BCUT2D eigenvalue weighted by molar-refractivity contribution is 5.80. The summed E-state index contributed by atoms with van der Waals surface area (Å²) in [5.74, 6) is 3.32. The lowest BCUT2D eigenvalue weighted by Crippen LogP contribution is -2.40. The first-order valence-electron chi connectivity index (χ1n) is 13.7. The Bertz CT molecular complexity index is 1440. The number of nitrogens with one attached hydrogen (secondary N) is 1. The Morgan fingerprint density at radius 3 is 2.72 bits per heavy atom. The predicted octanol–water partition coefficient (Wildman–Crippen LogP) is 4.84. The third kappa shape index (κ3) is 5.48. The number of hydrogen-bond donors (Lipinski definition) is 1. The molecule has 0 bridgehead atoms. The Kier molecular flexibility index (Phi) is 7.21. The van der Waals surface area contributed by atoms with E-state index in [1.54, 1.807) is 6.20 Å². The number of benzene rings is 2. The summed E-state index contributed by atoms with van der Waals surface area (Å²) in [6.07, 6.45) is 7.37. The van der Waals surface area contributed by atoms with Crippen molar-refractivity contribution in [3.05, 3.63) is 66.5 Å². The van der Waals surface area contributed by atoms with Crippen molar-refractivity contribution in [2.45, 2.75) is 39.2 Å². The molecule has 0 saturated carbocycles. The molecule has 1 fully saturated rings. The van der Waals surface area contributed by atoms with Crippen molar-refractivity contribution in [3.63, 3.8) is 0 Å². The van der Waals surface area contributed by atoms with E-state index in [0.717, 1.165) is 90.8 Å². The number of carbonyl (C=O) groups is 1. The van der Waals surface area contributed by atoms with Crippen molar-refractivity contribution >= 4 is 17.2 Å². The highest BCUT2D eigenvalue weighted by atomic mass is 16.7. The van der Waals surface area contributed by atoms with Crippen molar-refractivity contribution in [2.24, 2.45) is 5.92 Å². The normalized spacial score (nSPS) is 15.1. The molecule has 4 heterocycles. The maximum Gasteiger partial charge on any atom is 0.231 e. The molecule has 0 radical (unpaired) electrons. The molecule has 1 amide bonds. The highest BCUT2D eigenvalue weighted by Crippen LogP contribution is 2.33. The largest absolute Gasteiger partial charge is 0.494 e. The van der Waals surface area contributed by atoms with Gasteiger partial charge in [0, 0.05) is 43.5 Å².